The van der Waals surface area contributed by atoms with Gasteiger partial charge in [-0.1, -0.05) is 41.4 Å². The topological polar surface area (TPSA) is 275 Å². The van der Waals surface area contributed by atoms with E-state index in [-0.39, 0.29) is 6.79 Å². The summed E-state index contributed by atoms with van der Waals surface area (Å²) in [6.45, 7) is 2.74. The van der Waals surface area contributed by atoms with Crippen molar-refractivity contribution < 1.29 is 64.9 Å². The number of furan rings is 2. The van der Waals surface area contributed by atoms with Crippen molar-refractivity contribution in [1.29, 1.82) is 0 Å². The maximum atomic E-state index is 11.3. The Balaban J connectivity index is 0.000000126. The van der Waals surface area contributed by atoms with E-state index in [4.69, 9.17) is 71.8 Å². The number of halogens is 10. The van der Waals surface area contributed by atoms with E-state index in [0.717, 1.165) is 122 Å². The molecule has 0 saturated carbocycles. The lowest BCUT2D eigenvalue weighted by molar-refractivity contribution is -0.0724. The zero-order chi connectivity index (χ0) is 66.4. The Morgan fingerprint density at radius 2 is 0.957 bits per heavy atom. The Labute approximate surface area is 589 Å². The van der Waals surface area contributed by atoms with Crippen molar-refractivity contribution in [1.82, 2.24) is 39.9 Å². The number of anilines is 2. The number of hydrogen-bond acceptors (Lipinski definition) is 25. The van der Waals surface area contributed by atoms with Gasteiger partial charge in [0.1, 0.15) is 47.3 Å². The van der Waals surface area contributed by atoms with Gasteiger partial charge in [-0.05, 0) is 159 Å². The average molecular weight is 1660 g/mol. The summed E-state index contributed by atoms with van der Waals surface area (Å²) in [5.74, 6) is 6.43. The second kappa shape index (κ2) is 32.6. The zero-order valence-corrected chi connectivity index (χ0v) is 58.5. The molecule has 0 saturated heterocycles. The molecule has 0 fully saturated rings. The molecule has 3 aliphatic heterocycles. The Morgan fingerprint density at radius 3 is 1.43 bits per heavy atom. The van der Waals surface area contributed by atoms with Crippen LogP contribution in [0, 0.1) is 0 Å². The second-order valence-electron chi connectivity index (χ2n) is 18.7. The number of nitrogens with one attached hydrogen (secondary N) is 2. The summed E-state index contributed by atoms with van der Waals surface area (Å²) in [5.41, 5.74) is 13.8. The summed E-state index contributed by atoms with van der Waals surface area (Å²) in [5, 5.41) is 26.6. The van der Waals surface area contributed by atoms with E-state index in [2.05, 4.69) is 92.8 Å². The number of aromatic nitrogens is 8. The number of hydrogen-bond donors (Lipinski definition) is 5. The molecule has 36 heteroatoms. The van der Waals surface area contributed by atoms with Crippen molar-refractivity contribution in [2.24, 2.45) is 5.73 Å². The van der Waals surface area contributed by atoms with Gasteiger partial charge >= 0.3 is 16.8 Å². The minimum absolute atomic E-state index is 0.282. The first-order chi connectivity index (χ1) is 45.3. The molecule has 13 heterocycles. The number of benzene rings is 3. The van der Waals surface area contributed by atoms with Crippen LogP contribution in [0.4, 0.5) is 29.2 Å². The molecule has 21 nitrogen and oxygen atoms in total. The zero-order valence-electron chi connectivity index (χ0n) is 47.4. The Hall–Kier alpha value is -7.06. The number of alkyl halides is 6. The Bertz CT molecular complexity index is 4630. The SMILES string of the molecule is Brc1cc2ncnc(NCc3ccc4c(c3)OCO4)c2s1.Clc1ncnc2cc(Br)sc12.Clc1ncnc2ccsc12.FC(F)(Br)C(F)(F)Br.NCc1ccc2c(c1)OCO2.OB(O)c1ccoc1.c1nc(NCc2ccc3c(c2)OCO3)c2sc(-c3ccoc3)cc2n1. The summed E-state index contributed by atoms with van der Waals surface area (Å²) in [4.78, 5) is 25.9. The van der Waals surface area contributed by atoms with Crippen LogP contribution < -0.4 is 50.3 Å². The monoisotopic (exact) mass is 1650 g/mol. The molecule has 0 amide bonds. The fraction of sp³-hybridized carbons (Fsp3) is 0.138. The standard InChI is InChI=1S/C18H13N3O3S.C14H10BrN3O2S.C8H9NO2.C6H2BrClN2S.C6H3ClN2S.C4H5BO3.C2Br2F4/c1-2-14-15(24-10-23-14)5-11(1)7-19-18-17-13(20-9-21-18)6-16(25-17)12-3-4-22-8-12;15-12-4-9-13(21-12)14(18-6-17-9)16-5-8-1-2-10-11(3-8)20-7-19-10;9-4-6-1-2-7-8(3-6)11-5-10-7;7-4-1-3-5(11-4)6(8)10-2-9-3;7-6-5-4(1-2-10-5)8-3-9-6;6-5(7)4-1-2-8-3-4;3-1(5,6)2(4,7)8/h1-6,8-9H,7,10H2,(H,19,20,21);1-4,6H,5,7H2,(H,16,17,18);1-3H,4-5,9H2;1-2H;1-3H;1-3,6-7H;. The number of nitrogens with zero attached hydrogens (tertiary/aromatic N) is 8. The summed E-state index contributed by atoms with van der Waals surface area (Å²) >= 11 is 27.7. The fourth-order valence-electron chi connectivity index (χ4n) is 8.00. The highest BCUT2D eigenvalue weighted by atomic mass is 79.9. The largest absolute Gasteiger partial charge is 0.491 e. The lowest BCUT2D eigenvalue weighted by Gasteiger charge is -2.13. The van der Waals surface area contributed by atoms with Crippen LogP contribution >= 0.6 is 132 Å². The van der Waals surface area contributed by atoms with Crippen LogP contribution in [0.25, 0.3) is 51.3 Å². The average Bonchev–Trinajstić information content (AvgIpc) is 1.68. The number of thiophene rings is 4. The van der Waals surface area contributed by atoms with Gasteiger partial charge in [0.25, 0.3) is 0 Å². The van der Waals surface area contributed by atoms with Gasteiger partial charge < -0.3 is 63.7 Å². The highest BCUT2D eigenvalue weighted by Crippen LogP contribution is 2.44. The van der Waals surface area contributed by atoms with E-state index >= 15 is 0 Å². The van der Waals surface area contributed by atoms with Crippen LogP contribution in [0.3, 0.4) is 0 Å². The third kappa shape index (κ3) is 18.7. The first-order valence-corrected chi connectivity index (χ1v) is 33.9. The third-order valence-electron chi connectivity index (χ3n) is 12.5. The van der Waals surface area contributed by atoms with Gasteiger partial charge in [-0.15, -0.1) is 45.3 Å². The quantitative estimate of drug-likeness (QED) is 0.0368. The number of nitrogens with two attached hydrogens (primary N) is 1. The molecule has 0 bridgehead atoms. The predicted octanol–water partition coefficient (Wildman–Crippen LogP) is 16.3. The lowest BCUT2D eigenvalue weighted by atomic mass is 9.83. The maximum absolute atomic E-state index is 11.3. The first-order valence-electron chi connectivity index (χ1n) is 26.7. The lowest BCUT2D eigenvalue weighted by Crippen LogP contribution is -2.27. The molecule has 0 spiro atoms. The summed E-state index contributed by atoms with van der Waals surface area (Å²) in [7, 11) is -1.41. The van der Waals surface area contributed by atoms with E-state index in [1.54, 1.807) is 59.2 Å². The molecule has 13 aromatic rings. The molecule has 16 rings (SSSR count). The maximum Gasteiger partial charge on any atom is 0.491 e. The molecule has 3 aliphatic rings. The smallest absolute Gasteiger partial charge is 0.473 e. The molecule has 0 atom stereocenters. The van der Waals surface area contributed by atoms with Crippen LogP contribution in [0.5, 0.6) is 34.5 Å². The van der Waals surface area contributed by atoms with E-state index in [1.807, 2.05) is 84.2 Å². The van der Waals surface area contributed by atoms with E-state index < -0.39 is 16.8 Å². The molecule has 0 radical (unpaired) electrons. The van der Waals surface area contributed by atoms with Crippen molar-refractivity contribution in [3.63, 3.8) is 0 Å². The minimum Gasteiger partial charge on any atom is -0.473 e. The van der Waals surface area contributed by atoms with Crippen molar-refractivity contribution >= 4 is 197 Å². The van der Waals surface area contributed by atoms with Crippen molar-refractivity contribution in [3.8, 4) is 44.9 Å². The van der Waals surface area contributed by atoms with Crippen LogP contribution in [-0.4, -0.2) is 87.1 Å². The second-order valence-corrected chi connectivity index (χ2v) is 28.2. The highest BCUT2D eigenvalue weighted by molar-refractivity contribution is 9.12. The van der Waals surface area contributed by atoms with Gasteiger partial charge in [-0.3, -0.25) is 0 Å². The molecule has 486 valence electrons. The van der Waals surface area contributed by atoms with Gasteiger partial charge in [0.05, 0.1) is 73.5 Å². The normalized spacial score (nSPS) is 12.2. The molecule has 6 N–H and O–H groups in total. The minimum atomic E-state index is -4.17. The number of rotatable bonds is 10. The van der Waals surface area contributed by atoms with E-state index in [1.165, 1.54) is 74.4 Å². The van der Waals surface area contributed by atoms with Gasteiger partial charge in [0.15, 0.2) is 34.5 Å². The highest BCUT2D eigenvalue weighted by Gasteiger charge is 2.52. The summed E-state index contributed by atoms with van der Waals surface area (Å²) < 4.78 is 92.9. The first kappa shape index (κ1) is 69.8. The van der Waals surface area contributed by atoms with Gasteiger partial charge in [0.2, 0.25) is 20.4 Å². The fourth-order valence-corrected chi connectivity index (χ4v) is 13.2. The summed E-state index contributed by atoms with van der Waals surface area (Å²) in [6, 6.07) is 28.9. The van der Waals surface area contributed by atoms with Crippen molar-refractivity contribution in [2.75, 3.05) is 31.0 Å². The van der Waals surface area contributed by atoms with Gasteiger partial charge in [0, 0.05) is 35.5 Å². The van der Waals surface area contributed by atoms with Crippen LogP contribution in [0.2, 0.25) is 10.3 Å². The predicted molar refractivity (Wildman–Crippen MR) is 369 cm³/mol. The third-order valence-corrected chi connectivity index (χ3v) is 20.1. The molecular weight excluding hydrogens is 1620 g/mol. The molecule has 0 aliphatic carbocycles. The molecule has 94 heavy (non-hydrogen) atoms. The molecule has 0 unspecified atom stereocenters. The van der Waals surface area contributed by atoms with Crippen molar-refractivity contribution in [3.05, 3.63) is 181 Å². The number of ether oxygens (including phenoxy) is 6. The van der Waals surface area contributed by atoms with E-state index in [0.29, 0.717) is 49.0 Å². The van der Waals surface area contributed by atoms with Crippen molar-refractivity contribution in [2.45, 2.75) is 29.3 Å². The molecule has 10 aromatic heterocycles. The van der Waals surface area contributed by atoms with Gasteiger partial charge in [-0.2, -0.15) is 17.6 Å². The number of fused-ring (bicyclic) bond motifs is 7. The molecular formula is C58H42BBr4Cl2F4N11O10S4. The van der Waals surface area contributed by atoms with Crippen LogP contribution in [-0.2, 0) is 19.6 Å². The Kier molecular flexibility index (Phi) is 24.2. The summed E-state index contributed by atoms with van der Waals surface area (Å²) in [6.07, 6.45) is 12.2. The Morgan fingerprint density at radius 1 is 0.511 bits per heavy atom. The van der Waals surface area contributed by atoms with Crippen LogP contribution in [0.1, 0.15) is 16.7 Å². The molecule has 3 aromatic carbocycles. The van der Waals surface area contributed by atoms with Crippen LogP contribution in [0.15, 0.2) is 163 Å². The van der Waals surface area contributed by atoms with Gasteiger partial charge in [-0.25, -0.2) is 39.9 Å². The van der Waals surface area contributed by atoms with E-state index in [9.17, 15) is 17.6 Å².